The first-order valence-electron chi connectivity index (χ1n) is 18.2. The van der Waals surface area contributed by atoms with E-state index in [1.54, 1.807) is 0 Å². The van der Waals surface area contributed by atoms with E-state index in [2.05, 4.69) is 229 Å². The van der Waals surface area contributed by atoms with Crippen molar-refractivity contribution < 1.29 is 0 Å². The van der Waals surface area contributed by atoms with E-state index in [9.17, 15) is 0 Å². The number of anilines is 3. The first kappa shape index (κ1) is 32.0. The predicted molar refractivity (Wildman–Crippen MR) is 226 cm³/mol. The Labute approximate surface area is 311 Å². The first-order chi connectivity index (χ1) is 26.3. The highest BCUT2D eigenvalue weighted by Gasteiger charge is 2.18. The molecule has 0 saturated heterocycles. The Bertz CT molecular complexity index is 2660. The Morgan fingerprint density at radius 2 is 0.717 bits per heavy atom. The topological polar surface area (TPSA) is 3.24 Å². The van der Waals surface area contributed by atoms with Crippen LogP contribution in [-0.4, -0.2) is 0 Å². The molecular weight excluding hydrogens is 639 g/mol. The highest BCUT2D eigenvalue weighted by atomic mass is 15.1. The molecule has 0 radical (unpaired) electrons. The molecule has 0 aliphatic rings. The van der Waals surface area contributed by atoms with Gasteiger partial charge in [-0.3, -0.25) is 0 Å². The molecule has 53 heavy (non-hydrogen) atoms. The fourth-order valence-electron chi connectivity index (χ4n) is 7.42. The van der Waals surface area contributed by atoms with E-state index < -0.39 is 0 Å². The molecule has 1 heteroatoms. The van der Waals surface area contributed by atoms with Crippen molar-refractivity contribution in [3.05, 3.63) is 224 Å². The van der Waals surface area contributed by atoms with Crippen molar-refractivity contribution in [3.8, 4) is 55.6 Å². The van der Waals surface area contributed by atoms with Crippen LogP contribution in [0.5, 0.6) is 0 Å². The minimum absolute atomic E-state index is 1.09. The van der Waals surface area contributed by atoms with E-state index in [-0.39, 0.29) is 0 Å². The summed E-state index contributed by atoms with van der Waals surface area (Å²) in [4.78, 5) is 2.40. The molecule has 250 valence electrons. The number of rotatable bonds is 8. The molecule has 0 heterocycles. The van der Waals surface area contributed by atoms with E-state index in [0.29, 0.717) is 0 Å². The van der Waals surface area contributed by atoms with Crippen LogP contribution in [0.25, 0.3) is 66.4 Å². The Morgan fingerprint density at radius 1 is 0.226 bits per heavy atom. The van der Waals surface area contributed by atoms with Gasteiger partial charge in [0.25, 0.3) is 0 Å². The van der Waals surface area contributed by atoms with Crippen molar-refractivity contribution in [1.29, 1.82) is 0 Å². The van der Waals surface area contributed by atoms with Gasteiger partial charge >= 0.3 is 0 Å². The van der Waals surface area contributed by atoms with Crippen molar-refractivity contribution in [2.24, 2.45) is 0 Å². The Kier molecular flexibility index (Phi) is 8.66. The predicted octanol–water partition coefficient (Wildman–Crippen LogP) is 14.6. The van der Waals surface area contributed by atoms with Crippen molar-refractivity contribution >= 4 is 27.8 Å². The van der Waals surface area contributed by atoms with Crippen LogP contribution in [0.3, 0.4) is 0 Å². The molecule has 0 amide bonds. The summed E-state index contributed by atoms with van der Waals surface area (Å²) in [5.74, 6) is 0. The molecule has 0 fully saturated rings. The monoisotopic (exact) mass is 675 g/mol. The van der Waals surface area contributed by atoms with E-state index >= 15 is 0 Å². The van der Waals surface area contributed by atoms with Gasteiger partial charge in [0.2, 0.25) is 0 Å². The van der Waals surface area contributed by atoms with Crippen LogP contribution >= 0.6 is 0 Å². The lowest BCUT2D eigenvalue weighted by Gasteiger charge is -2.28. The van der Waals surface area contributed by atoms with Crippen LogP contribution in [0.1, 0.15) is 0 Å². The van der Waals surface area contributed by atoms with Crippen LogP contribution in [0.4, 0.5) is 17.1 Å². The summed E-state index contributed by atoms with van der Waals surface area (Å²) < 4.78 is 0. The zero-order chi connectivity index (χ0) is 35.4. The molecule has 9 aromatic rings. The average Bonchev–Trinajstić information content (AvgIpc) is 3.25. The molecule has 9 rings (SSSR count). The Hall–Kier alpha value is -6.96. The van der Waals surface area contributed by atoms with Crippen LogP contribution < -0.4 is 4.90 Å². The molecule has 0 aliphatic carbocycles. The lowest BCUT2D eigenvalue weighted by atomic mass is 9.94. The lowest BCUT2D eigenvalue weighted by molar-refractivity contribution is 1.28. The van der Waals surface area contributed by atoms with E-state index in [1.165, 1.54) is 66.4 Å². The molecule has 0 saturated carbocycles. The summed E-state index contributed by atoms with van der Waals surface area (Å²) in [6.07, 6.45) is 0. The van der Waals surface area contributed by atoms with E-state index in [4.69, 9.17) is 0 Å². The van der Waals surface area contributed by atoms with Crippen LogP contribution in [0, 0.1) is 0 Å². The molecular formula is C52H37N. The van der Waals surface area contributed by atoms with Crippen molar-refractivity contribution in [1.82, 2.24) is 0 Å². The zero-order valence-electron chi connectivity index (χ0n) is 29.3. The summed E-state index contributed by atoms with van der Waals surface area (Å²) in [7, 11) is 0. The standard InChI is InChI=1S/C52H37N/c1-3-16-40(17-4-1)49-25-9-10-26-50(49)46-23-14-24-48(37-46)53(52-28-12-11-27-51(52)41-18-5-2-6-19-41)47-33-31-39(32-34-47)43-21-13-22-44(35-43)45-30-29-38-15-7-8-20-42(38)36-45/h1-37H. The number of nitrogens with zero attached hydrogens (tertiary/aromatic N) is 1. The third-order valence-corrected chi connectivity index (χ3v) is 10.1. The molecule has 0 unspecified atom stereocenters. The molecule has 0 N–H and O–H groups in total. The van der Waals surface area contributed by atoms with Gasteiger partial charge in [-0.15, -0.1) is 0 Å². The van der Waals surface area contributed by atoms with E-state index in [1.807, 2.05) is 0 Å². The number of para-hydroxylation sites is 1. The molecule has 0 bridgehead atoms. The number of benzene rings is 9. The number of hydrogen-bond donors (Lipinski definition) is 0. The molecule has 9 aromatic carbocycles. The number of hydrogen-bond acceptors (Lipinski definition) is 1. The zero-order valence-corrected chi connectivity index (χ0v) is 29.3. The minimum Gasteiger partial charge on any atom is -0.310 e. The van der Waals surface area contributed by atoms with Crippen molar-refractivity contribution in [2.75, 3.05) is 4.90 Å². The molecule has 0 aromatic heterocycles. The third-order valence-electron chi connectivity index (χ3n) is 10.1. The maximum Gasteiger partial charge on any atom is 0.0540 e. The summed E-state index contributed by atoms with van der Waals surface area (Å²) in [6, 6.07) is 80.8. The maximum absolute atomic E-state index is 2.40. The molecule has 0 spiro atoms. The highest BCUT2D eigenvalue weighted by molar-refractivity contribution is 5.92. The minimum atomic E-state index is 1.09. The normalized spacial score (nSPS) is 11.0. The van der Waals surface area contributed by atoms with Crippen LogP contribution in [0.2, 0.25) is 0 Å². The Morgan fingerprint density at radius 3 is 1.45 bits per heavy atom. The van der Waals surface area contributed by atoms with Gasteiger partial charge in [-0.2, -0.15) is 0 Å². The molecule has 0 aliphatic heterocycles. The van der Waals surface area contributed by atoms with Gasteiger partial charge in [-0.25, -0.2) is 0 Å². The third kappa shape index (κ3) is 6.53. The SMILES string of the molecule is c1ccc(-c2ccccc2-c2cccc(N(c3ccc(-c4cccc(-c5ccc6ccccc6c5)c4)cc3)c3ccccc3-c3ccccc3)c2)cc1. The average molecular weight is 676 g/mol. The quantitative estimate of drug-likeness (QED) is 0.155. The van der Waals surface area contributed by atoms with Crippen molar-refractivity contribution in [3.63, 3.8) is 0 Å². The van der Waals surface area contributed by atoms with Crippen LogP contribution in [-0.2, 0) is 0 Å². The molecule has 1 nitrogen and oxygen atoms in total. The summed E-state index contributed by atoms with van der Waals surface area (Å²) >= 11 is 0. The van der Waals surface area contributed by atoms with Gasteiger partial charge in [0, 0.05) is 16.9 Å². The second-order valence-electron chi connectivity index (χ2n) is 13.4. The van der Waals surface area contributed by atoms with E-state index in [0.717, 1.165) is 17.1 Å². The molecule has 0 atom stereocenters. The highest BCUT2D eigenvalue weighted by Crippen LogP contribution is 2.43. The second kappa shape index (κ2) is 14.3. The smallest absolute Gasteiger partial charge is 0.0540 e. The first-order valence-corrected chi connectivity index (χ1v) is 18.2. The van der Waals surface area contributed by atoms with Gasteiger partial charge in [0.1, 0.15) is 0 Å². The largest absolute Gasteiger partial charge is 0.310 e. The van der Waals surface area contributed by atoms with Gasteiger partial charge in [0.15, 0.2) is 0 Å². The lowest BCUT2D eigenvalue weighted by Crippen LogP contribution is -2.11. The fraction of sp³-hybridized carbons (Fsp3) is 0. The van der Waals surface area contributed by atoms with Crippen molar-refractivity contribution in [2.45, 2.75) is 0 Å². The number of fused-ring (bicyclic) bond motifs is 1. The van der Waals surface area contributed by atoms with Gasteiger partial charge in [-0.05, 0) is 103 Å². The Balaban J connectivity index is 1.14. The summed E-state index contributed by atoms with van der Waals surface area (Å²) in [5.41, 5.74) is 15.3. The van der Waals surface area contributed by atoms with Crippen LogP contribution in [0.15, 0.2) is 224 Å². The maximum atomic E-state index is 2.40. The summed E-state index contributed by atoms with van der Waals surface area (Å²) in [6.45, 7) is 0. The van der Waals surface area contributed by atoms with Gasteiger partial charge in [0.05, 0.1) is 5.69 Å². The second-order valence-corrected chi connectivity index (χ2v) is 13.4. The fourth-order valence-corrected chi connectivity index (χ4v) is 7.42. The van der Waals surface area contributed by atoms with Gasteiger partial charge < -0.3 is 4.90 Å². The summed E-state index contributed by atoms with van der Waals surface area (Å²) in [5, 5.41) is 2.51. The van der Waals surface area contributed by atoms with Gasteiger partial charge in [-0.1, -0.05) is 182 Å².